The number of amides is 5. The molecule has 2 aromatic rings. The number of piperidine rings is 2. The van der Waals surface area contributed by atoms with Crippen LogP contribution in [-0.2, 0) is 41.6 Å². The quantitative estimate of drug-likeness (QED) is 0.226. The number of rotatable bonds is 1. The minimum Gasteiger partial charge on any atom is -0.426 e. The van der Waals surface area contributed by atoms with Crippen LogP contribution in [-0.4, -0.2) is 46.4 Å². The second-order valence-electron chi connectivity index (χ2n) is 8.71. The Balaban J connectivity index is 0.000000170. The van der Waals surface area contributed by atoms with Crippen molar-refractivity contribution < 1.29 is 33.5 Å². The van der Waals surface area contributed by atoms with E-state index in [1.54, 1.807) is 6.07 Å². The van der Waals surface area contributed by atoms with Crippen LogP contribution in [0.5, 0.6) is 5.75 Å². The molecule has 2 aromatic carbocycles. The van der Waals surface area contributed by atoms with Crippen molar-refractivity contribution in [1.29, 1.82) is 0 Å². The summed E-state index contributed by atoms with van der Waals surface area (Å²) in [6.45, 7) is 0. The van der Waals surface area contributed by atoms with E-state index in [-0.39, 0.29) is 54.2 Å². The summed E-state index contributed by atoms with van der Waals surface area (Å²) in [7, 11) is 0. The molecule has 0 radical (unpaired) electrons. The highest BCUT2D eigenvalue weighted by Crippen LogP contribution is 2.32. The van der Waals surface area contributed by atoms with E-state index in [0.717, 1.165) is 16.8 Å². The second kappa shape index (κ2) is 12.6. The Morgan fingerprint density at radius 1 is 0.763 bits per heavy atom. The van der Waals surface area contributed by atoms with Gasteiger partial charge < -0.3 is 4.74 Å². The van der Waals surface area contributed by atoms with Crippen LogP contribution in [0.1, 0.15) is 44.2 Å². The summed E-state index contributed by atoms with van der Waals surface area (Å²) in [5, 5.41) is 4.49. The molecule has 0 aliphatic carbocycles. The van der Waals surface area contributed by atoms with Gasteiger partial charge in [-0.05, 0) is 30.5 Å². The molecule has 5 amide bonds. The maximum absolute atomic E-state index is 12.0. The van der Waals surface area contributed by atoms with E-state index in [1.807, 2.05) is 42.5 Å². The lowest BCUT2D eigenvalue weighted by atomic mass is 10.0. The number of carbonyl (C=O) groups excluding carboxylic acids is 6. The number of alkyl halides is 1. The molecule has 4 heterocycles. The molecule has 2 fully saturated rings. The van der Waals surface area contributed by atoms with Crippen molar-refractivity contribution in [2.45, 2.75) is 56.8 Å². The molecule has 4 aliphatic heterocycles. The zero-order valence-corrected chi connectivity index (χ0v) is 21.3. The van der Waals surface area contributed by atoms with E-state index in [0.29, 0.717) is 37.9 Å². The summed E-state index contributed by atoms with van der Waals surface area (Å²) in [5.41, 5.74) is 2.72. The van der Waals surface area contributed by atoms with Gasteiger partial charge in [0, 0.05) is 24.1 Å². The van der Waals surface area contributed by atoms with Gasteiger partial charge in [-0.1, -0.05) is 59.8 Å². The molecule has 11 heteroatoms. The molecule has 6 rings (SSSR count). The molecule has 2 N–H and O–H groups in total. The molecule has 0 saturated carbocycles. The normalized spacial score (nSPS) is 21.3. The zero-order valence-electron chi connectivity index (χ0n) is 19.7. The number of hydrogen-bond donors (Lipinski definition) is 2. The molecule has 2 atom stereocenters. The molecule has 4 aliphatic rings. The molecule has 0 bridgehead atoms. The number of fused-ring (bicyclic) bond motifs is 2. The SMILES string of the molecule is C.O=C1CCC(Br)C(=O)N1.O=C1CCC(N2C(=O)Cc3ccccc32)C(=O)N1.O=C1Cc2ccccc2O1. The maximum Gasteiger partial charge on any atom is 0.315 e. The number of nitrogens with one attached hydrogen (secondary N) is 2. The van der Waals surface area contributed by atoms with Crippen molar-refractivity contribution >= 4 is 57.1 Å². The van der Waals surface area contributed by atoms with Crippen molar-refractivity contribution in [3.05, 3.63) is 59.7 Å². The molecule has 2 saturated heterocycles. The summed E-state index contributed by atoms with van der Waals surface area (Å²) in [5.74, 6) is -0.547. The Morgan fingerprint density at radius 2 is 1.37 bits per heavy atom. The van der Waals surface area contributed by atoms with E-state index >= 15 is 0 Å². The van der Waals surface area contributed by atoms with Gasteiger partial charge in [0.05, 0.1) is 17.7 Å². The lowest BCUT2D eigenvalue weighted by Gasteiger charge is -2.30. The third-order valence-corrected chi connectivity index (χ3v) is 6.96. The first-order valence-corrected chi connectivity index (χ1v) is 12.6. The van der Waals surface area contributed by atoms with E-state index in [1.165, 1.54) is 4.90 Å². The van der Waals surface area contributed by atoms with Crippen LogP contribution >= 0.6 is 15.9 Å². The number of nitrogens with zero attached hydrogens (tertiary/aromatic N) is 1. The fourth-order valence-electron chi connectivity index (χ4n) is 4.28. The maximum atomic E-state index is 12.0. The molecule has 0 spiro atoms. The van der Waals surface area contributed by atoms with Crippen molar-refractivity contribution in [3.8, 4) is 5.75 Å². The summed E-state index contributed by atoms with van der Waals surface area (Å²) < 4.78 is 4.87. The molecular formula is C27H28BrN3O7. The summed E-state index contributed by atoms with van der Waals surface area (Å²) in [6.07, 6.45) is 2.49. The summed E-state index contributed by atoms with van der Waals surface area (Å²) in [4.78, 5) is 68.1. The van der Waals surface area contributed by atoms with Crippen LogP contribution in [0.3, 0.4) is 0 Å². The Bertz CT molecular complexity index is 1250. The molecular weight excluding hydrogens is 558 g/mol. The van der Waals surface area contributed by atoms with Gasteiger partial charge in [-0.2, -0.15) is 0 Å². The van der Waals surface area contributed by atoms with Crippen molar-refractivity contribution in [2.24, 2.45) is 0 Å². The van der Waals surface area contributed by atoms with E-state index < -0.39 is 6.04 Å². The van der Waals surface area contributed by atoms with Gasteiger partial charge in [0.15, 0.2) is 0 Å². The highest BCUT2D eigenvalue weighted by atomic mass is 79.9. The van der Waals surface area contributed by atoms with Gasteiger partial charge in [-0.25, -0.2) is 0 Å². The van der Waals surface area contributed by atoms with E-state index in [9.17, 15) is 28.8 Å². The molecule has 38 heavy (non-hydrogen) atoms. The first kappa shape index (κ1) is 28.7. The first-order valence-electron chi connectivity index (χ1n) is 11.7. The van der Waals surface area contributed by atoms with Crippen LogP contribution < -0.4 is 20.3 Å². The Labute approximate surface area is 228 Å². The molecule has 0 aromatic heterocycles. The average Bonchev–Trinajstić information content (AvgIpc) is 3.41. The van der Waals surface area contributed by atoms with Gasteiger partial charge in [0.1, 0.15) is 11.8 Å². The van der Waals surface area contributed by atoms with Gasteiger partial charge in [-0.3, -0.25) is 44.3 Å². The summed E-state index contributed by atoms with van der Waals surface area (Å²) >= 11 is 3.12. The van der Waals surface area contributed by atoms with E-state index in [4.69, 9.17) is 4.74 Å². The van der Waals surface area contributed by atoms with Crippen molar-refractivity contribution in [3.63, 3.8) is 0 Å². The molecule has 200 valence electrons. The largest absolute Gasteiger partial charge is 0.426 e. The molecule has 10 nitrogen and oxygen atoms in total. The number of ether oxygens (including phenoxy) is 1. The highest BCUT2D eigenvalue weighted by molar-refractivity contribution is 9.10. The van der Waals surface area contributed by atoms with Crippen LogP contribution in [0.25, 0.3) is 0 Å². The fourth-order valence-corrected chi connectivity index (χ4v) is 4.62. The van der Waals surface area contributed by atoms with Crippen molar-refractivity contribution in [1.82, 2.24) is 10.6 Å². The Morgan fingerprint density at radius 3 is 2.00 bits per heavy atom. The highest BCUT2D eigenvalue weighted by Gasteiger charge is 2.39. The lowest BCUT2D eigenvalue weighted by molar-refractivity contribution is -0.136. The fraction of sp³-hybridized carbons (Fsp3) is 0.333. The van der Waals surface area contributed by atoms with E-state index in [2.05, 4.69) is 26.6 Å². The number of para-hydroxylation sites is 2. The number of carbonyl (C=O) groups is 6. The third kappa shape index (κ3) is 6.71. The predicted molar refractivity (Wildman–Crippen MR) is 141 cm³/mol. The Hall–Kier alpha value is -3.86. The van der Waals surface area contributed by atoms with Gasteiger partial charge in [-0.15, -0.1) is 0 Å². The van der Waals surface area contributed by atoms with Crippen LogP contribution in [0.2, 0.25) is 0 Å². The number of anilines is 1. The third-order valence-electron chi connectivity index (χ3n) is 6.09. The van der Waals surface area contributed by atoms with Crippen LogP contribution in [0, 0.1) is 0 Å². The molecule has 2 unspecified atom stereocenters. The number of imide groups is 2. The van der Waals surface area contributed by atoms with Gasteiger partial charge in [0.25, 0.3) is 0 Å². The minimum atomic E-state index is -0.557. The predicted octanol–water partition coefficient (Wildman–Crippen LogP) is 2.35. The van der Waals surface area contributed by atoms with Gasteiger partial charge >= 0.3 is 5.97 Å². The number of halogens is 1. The lowest BCUT2D eigenvalue weighted by Crippen LogP contribution is -2.53. The number of benzene rings is 2. The minimum absolute atomic E-state index is 0. The zero-order chi connectivity index (χ0) is 26.5. The first-order chi connectivity index (χ1) is 17.7. The second-order valence-corrected chi connectivity index (χ2v) is 9.82. The topological polar surface area (TPSA) is 139 Å². The number of hydrogen-bond acceptors (Lipinski definition) is 7. The number of esters is 1. The standard InChI is InChI=1S/C13H12N2O3.C8H6O2.C5H6BrNO2.CH4/c16-11-6-5-10(13(18)14-11)15-9-4-2-1-3-8(9)7-12(15)17;9-8-5-6-3-1-2-4-7(6)10-8;6-3-1-2-4(8)7-5(3)9;/h1-4,10H,5-7H2,(H,14,16,18);1-4H,5H2;3H,1-2H2,(H,7,8,9);1H4. The average molecular weight is 586 g/mol. The monoisotopic (exact) mass is 585 g/mol. The smallest absolute Gasteiger partial charge is 0.315 e. The van der Waals surface area contributed by atoms with Crippen LogP contribution in [0.15, 0.2) is 48.5 Å². The van der Waals surface area contributed by atoms with Gasteiger partial charge in [0.2, 0.25) is 29.5 Å². The summed E-state index contributed by atoms with van der Waals surface area (Å²) in [6, 6.07) is 14.4. The van der Waals surface area contributed by atoms with Crippen molar-refractivity contribution in [2.75, 3.05) is 4.90 Å². The Kier molecular flexibility index (Phi) is 9.51. The van der Waals surface area contributed by atoms with Crippen LogP contribution in [0.4, 0.5) is 5.69 Å².